The molecule has 0 bridgehead atoms. The van der Waals surface area contributed by atoms with Gasteiger partial charge in [-0.05, 0) is 32.9 Å². The van der Waals surface area contributed by atoms with Gasteiger partial charge in [-0.3, -0.25) is 9.98 Å². The molecule has 4 heteroatoms. The summed E-state index contributed by atoms with van der Waals surface area (Å²) in [4.78, 5) is 8.37. The van der Waals surface area contributed by atoms with Crippen LogP contribution in [0.4, 0.5) is 0 Å². The lowest BCUT2D eigenvalue weighted by Gasteiger charge is -2.13. The van der Waals surface area contributed by atoms with Crippen LogP contribution in [-0.2, 0) is 0 Å². The van der Waals surface area contributed by atoms with E-state index in [9.17, 15) is 0 Å². The smallest absolute Gasteiger partial charge is 0.145 e. The van der Waals surface area contributed by atoms with Crippen molar-refractivity contribution in [2.45, 2.75) is 26.3 Å². The van der Waals surface area contributed by atoms with E-state index in [2.05, 4.69) is 9.98 Å². The molecule has 0 aliphatic rings. The quantitative estimate of drug-likeness (QED) is 0.572. The molecule has 0 amide bonds. The number of nitrogens with zero attached hydrogens (tertiary/aromatic N) is 2. The van der Waals surface area contributed by atoms with Gasteiger partial charge in [0.15, 0.2) is 0 Å². The van der Waals surface area contributed by atoms with Gasteiger partial charge in [0.1, 0.15) is 11.5 Å². The van der Waals surface area contributed by atoms with Gasteiger partial charge in [-0.1, -0.05) is 11.6 Å². The zero-order valence-corrected chi connectivity index (χ0v) is 9.34. The Labute approximate surface area is 89.0 Å². The van der Waals surface area contributed by atoms with Gasteiger partial charge in [0.25, 0.3) is 0 Å². The molecule has 0 unspecified atom stereocenters. The fraction of sp³-hybridized carbons (Fsp3) is 0.400. The Bertz CT molecular complexity index is 335. The van der Waals surface area contributed by atoms with Crippen molar-refractivity contribution in [3.63, 3.8) is 0 Å². The summed E-state index contributed by atoms with van der Waals surface area (Å²) in [7, 11) is 0. The van der Waals surface area contributed by atoms with E-state index in [1.54, 1.807) is 18.3 Å². The molecule has 0 atom stereocenters. The first-order valence-corrected chi connectivity index (χ1v) is 4.73. The molecule has 1 aromatic rings. The maximum Gasteiger partial charge on any atom is 0.145 e. The molecule has 2 N–H and O–H groups in total. The average Bonchev–Trinajstić information content (AvgIpc) is 2.02. The zero-order valence-electron chi connectivity index (χ0n) is 8.58. The SMILES string of the molecule is CC(C)(C)N=C(N)c1ccc(Cl)cn1. The minimum atomic E-state index is -0.189. The number of rotatable bonds is 1. The van der Waals surface area contributed by atoms with Gasteiger partial charge < -0.3 is 5.73 Å². The lowest BCUT2D eigenvalue weighted by atomic mass is 10.1. The molecule has 0 aliphatic heterocycles. The van der Waals surface area contributed by atoms with Gasteiger partial charge >= 0.3 is 0 Å². The molecule has 0 fully saturated rings. The maximum atomic E-state index is 5.78. The monoisotopic (exact) mass is 211 g/mol. The number of hydrogen-bond donors (Lipinski definition) is 1. The molecule has 0 saturated carbocycles. The summed E-state index contributed by atoms with van der Waals surface area (Å²) >= 11 is 5.71. The van der Waals surface area contributed by atoms with Crippen LogP contribution in [0.2, 0.25) is 5.02 Å². The van der Waals surface area contributed by atoms with Gasteiger partial charge in [-0.25, -0.2) is 0 Å². The van der Waals surface area contributed by atoms with E-state index in [-0.39, 0.29) is 5.54 Å². The summed E-state index contributed by atoms with van der Waals surface area (Å²) in [5, 5.41) is 0.595. The average molecular weight is 212 g/mol. The van der Waals surface area contributed by atoms with Crippen molar-refractivity contribution < 1.29 is 0 Å². The van der Waals surface area contributed by atoms with E-state index < -0.39 is 0 Å². The molecule has 0 radical (unpaired) electrons. The topological polar surface area (TPSA) is 51.3 Å². The van der Waals surface area contributed by atoms with Crippen LogP contribution < -0.4 is 5.73 Å². The first-order chi connectivity index (χ1) is 6.38. The molecule has 14 heavy (non-hydrogen) atoms. The van der Waals surface area contributed by atoms with Crippen LogP contribution in [0.15, 0.2) is 23.3 Å². The number of aliphatic imine (C=N–C) groups is 1. The van der Waals surface area contributed by atoms with Crippen LogP contribution >= 0.6 is 11.6 Å². The minimum Gasteiger partial charge on any atom is -0.382 e. The summed E-state index contributed by atoms with van der Waals surface area (Å²) in [5.41, 5.74) is 6.24. The van der Waals surface area contributed by atoms with Crippen LogP contribution in [0.25, 0.3) is 0 Å². The third kappa shape index (κ3) is 3.34. The third-order valence-electron chi connectivity index (χ3n) is 1.45. The highest BCUT2D eigenvalue weighted by atomic mass is 35.5. The summed E-state index contributed by atoms with van der Waals surface area (Å²) in [6, 6.07) is 3.50. The predicted octanol–water partition coefficient (Wildman–Crippen LogP) is 2.24. The normalized spacial score (nSPS) is 13.0. The van der Waals surface area contributed by atoms with Gasteiger partial charge in [-0.15, -0.1) is 0 Å². The van der Waals surface area contributed by atoms with E-state index >= 15 is 0 Å². The highest BCUT2D eigenvalue weighted by Crippen LogP contribution is 2.09. The van der Waals surface area contributed by atoms with Crippen molar-refractivity contribution in [3.05, 3.63) is 29.0 Å². The van der Waals surface area contributed by atoms with Crippen molar-refractivity contribution >= 4 is 17.4 Å². The third-order valence-corrected chi connectivity index (χ3v) is 1.67. The number of hydrogen-bond acceptors (Lipinski definition) is 2. The van der Waals surface area contributed by atoms with E-state index in [0.29, 0.717) is 16.6 Å². The van der Waals surface area contributed by atoms with Crippen LogP contribution in [-0.4, -0.2) is 16.4 Å². The molecular weight excluding hydrogens is 198 g/mol. The molecule has 1 aromatic heterocycles. The summed E-state index contributed by atoms with van der Waals surface area (Å²) in [5.74, 6) is 0.439. The van der Waals surface area contributed by atoms with Gasteiger partial charge in [-0.2, -0.15) is 0 Å². The van der Waals surface area contributed by atoms with Gasteiger partial charge in [0, 0.05) is 6.20 Å². The van der Waals surface area contributed by atoms with Crippen molar-refractivity contribution in [2.75, 3.05) is 0 Å². The fourth-order valence-corrected chi connectivity index (χ4v) is 1.06. The fourth-order valence-electron chi connectivity index (χ4n) is 0.946. The van der Waals surface area contributed by atoms with Crippen LogP contribution in [0.3, 0.4) is 0 Å². The number of nitrogens with two attached hydrogens (primary N) is 1. The number of amidine groups is 1. The molecule has 0 aliphatic carbocycles. The first-order valence-electron chi connectivity index (χ1n) is 4.36. The molecular formula is C10H14ClN3. The second-order valence-electron chi connectivity index (χ2n) is 4.03. The van der Waals surface area contributed by atoms with Gasteiger partial charge in [0.2, 0.25) is 0 Å². The molecule has 0 aromatic carbocycles. The Balaban J connectivity index is 2.95. The highest BCUT2D eigenvalue weighted by Gasteiger charge is 2.09. The maximum absolute atomic E-state index is 5.78. The lowest BCUT2D eigenvalue weighted by Crippen LogP contribution is -2.22. The van der Waals surface area contributed by atoms with Crippen LogP contribution in [0, 0.1) is 0 Å². The summed E-state index contributed by atoms with van der Waals surface area (Å²) < 4.78 is 0. The molecule has 0 saturated heterocycles. The molecule has 1 heterocycles. The minimum absolute atomic E-state index is 0.189. The van der Waals surface area contributed by atoms with Crippen molar-refractivity contribution in [1.82, 2.24) is 4.98 Å². The number of halogens is 1. The molecule has 3 nitrogen and oxygen atoms in total. The van der Waals surface area contributed by atoms with E-state index in [1.807, 2.05) is 20.8 Å². The summed E-state index contributed by atoms with van der Waals surface area (Å²) in [6.07, 6.45) is 1.56. The van der Waals surface area contributed by atoms with Crippen molar-refractivity contribution in [2.24, 2.45) is 10.7 Å². The van der Waals surface area contributed by atoms with Crippen molar-refractivity contribution in [3.8, 4) is 0 Å². The van der Waals surface area contributed by atoms with E-state index in [4.69, 9.17) is 17.3 Å². The van der Waals surface area contributed by atoms with Crippen LogP contribution in [0.1, 0.15) is 26.5 Å². The lowest BCUT2D eigenvalue weighted by molar-refractivity contribution is 0.583. The highest BCUT2D eigenvalue weighted by molar-refractivity contribution is 6.30. The Morgan fingerprint density at radius 3 is 2.50 bits per heavy atom. The van der Waals surface area contributed by atoms with E-state index in [0.717, 1.165) is 0 Å². The predicted molar refractivity (Wildman–Crippen MR) is 59.7 cm³/mol. The van der Waals surface area contributed by atoms with Crippen LogP contribution in [0.5, 0.6) is 0 Å². The zero-order chi connectivity index (χ0) is 10.8. The largest absolute Gasteiger partial charge is 0.382 e. The van der Waals surface area contributed by atoms with Crippen molar-refractivity contribution in [1.29, 1.82) is 0 Å². The Morgan fingerprint density at radius 1 is 1.43 bits per heavy atom. The Morgan fingerprint density at radius 2 is 2.07 bits per heavy atom. The molecule has 0 spiro atoms. The second-order valence-corrected chi connectivity index (χ2v) is 4.47. The Hall–Kier alpha value is -1.09. The first kappa shape index (κ1) is 11.0. The molecule has 1 rings (SSSR count). The summed E-state index contributed by atoms with van der Waals surface area (Å²) in [6.45, 7) is 5.95. The number of pyridine rings is 1. The number of aromatic nitrogens is 1. The second kappa shape index (κ2) is 3.96. The Kier molecular flexibility index (Phi) is 3.11. The van der Waals surface area contributed by atoms with Gasteiger partial charge in [0.05, 0.1) is 10.6 Å². The van der Waals surface area contributed by atoms with E-state index in [1.165, 1.54) is 0 Å². The standard InChI is InChI=1S/C10H14ClN3/c1-10(2,3)14-9(12)8-5-4-7(11)6-13-8/h4-6H,1-3H3,(H2,12,14). The molecule has 76 valence electrons.